The minimum absolute atomic E-state index is 0.114. The van der Waals surface area contributed by atoms with Gasteiger partial charge in [0.05, 0.1) is 32.7 Å². The van der Waals surface area contributed by atoms with Crippen molar-refractivity contribution in [2.24, 2.45) is 0 Å². The minimum atomic E-state index is -3.29. The highest BCUT2D eigenvalue weighted by Crippen LogP contribution is 2.29. The largest absolute Gasteiger partial charge is 0.452 e. The van der Waals surface area contributed by atoms with Gasteiger partial charge in [-0.25, -0.2) is 13.2 Å². The Kier molecular flexibility index (Phi) is 6.12. The van der Waals surface area contributed by atoms with E-state index in [9.17, 15) is 18.0 Å². The summed E-state index contributed by atoms with van der Waals surface area (Å²) < 4.78 is 30.1. The zero-order valence-electron chi connectivity index (χ0n) is 14.5. The normalized spacial score (nSPS) is 15.3. The van der Waals surface area contributed by atoms with Gasteiger partial charge in [0, 0.05) is 6.54 Å². The summed E-state index contributed by atoms with van der Waals surface area (Å²) >= 11 is 11.9. The van der Waals surface area contributed by atoms with Crippen LogP contribution in [-0.4, -0.2) is 39.2 Å². The SMILES string of the molecule is O=C(COC(=O)c1ccc(N2CCCS2(=O)=O)cc1)Nc1cccc(Cl)c1Cl. The number of carbonyl (C=O) groups is 2. The second-order valence-electron chi connectivity index (χ2n) is 6.01. The van der Waals surface area contributed by atoms with Crippen LogP contribution in [0.4, 0.5) is 11.4 Å². The molecule has 0 saturated carbocycles. The number of carbonyl (C=O) groups excluding carboxylic acids is 2. The van der Waals surface area contributed by atoms with Crippen LogP contribution in [0.1, 0.15) is 16.8 Å². The maximum Gasteiger partial charge on any atom is 0.338 e. The van der Waals surface area contributed by atoms with Crippen molar-refractivity contribution in [1.29, 1.82) is 0 Å². The van der Waals surface area contributed by atoms with E-state index in [-0.39, 0.29) is 21.4 Å². The van der Waals surface area contributed by atoms with Crippen LogP contribution in [0, 0.1) is 0 Å². The lowest BCUT2D eigenvalue weighted by Gasteiger charge is -2.16. The van der Waals surface area contributed by atoms with Gasteiger partial charge < -0.3 is 10.1 Å². The third kappa shape index (κ3) is 4.57. The summed E-state index contributed by atoms with van der Waals surface area (Å²) in [4.78, 5) is 24.0. The van der Waals surface area contributed by atoms with E-state index in [1.807, 2.05) is 0 Å². The van der Waals surface area contributed by atoms with E-state index in [4.69, 9.17) is 27.9 Å². The summed E-state index contributed by atoms with van der Waals surface area (Å²) in [5, 5.41) is 2.99. The molecule has 0 unspecified atom stereocenters. The van der Waals surface area contributed by atoms with Gasteiger partial charge in [0.1, 0.15) is 0 Å². The van der Waals surface area contributed by atoms with Gasteiger partial charge in [0.2, 0.25) is 10.0 Å². The highest BCUT2D eigenvalue weighted by molar-refractivity contribution is 7.93. The zero-order valence-corrected chi connectivity index (χ0v) is 16.9. The molecule has 148 valence electrons. The number of rotatable bonds is 5. The third-order valence-electron chi connectivity index (χ3n) is 4.05. The maximum atomic E-state index is 12.1. The molecule has 0 radical (unpaired) electrons. The molecule has 2 aromatic carbocycles. The van der Waals surface area contributed by atoms with Crippen LogP contribution in [0.25, 0.3) is 0 Å². The maximum absolute atomic E-state index is 12.1. The Balaban J connectivity index is 1.57. The molecule has 1 amide bonds. The first-order chi connectivity index (χ1) is 13.3. The number of ether oxygens (including phenoxy) is 1. The molecule has 0 spiro atoms. The van der Waals surface area contributed by atoms with E-state index in [1.165, 1.54) is 28.6 Å². The van der Waals surface area contributed by atoms with Crippen molar-refractivity contribution >= 4 is 56.5 Å². The molecule has 1 heterocycles. The summed E-state index contributed by atoms with van der Waals surface area (Å²) in [5.41, 5.74) is 1.00. The Morgan fingerprint density at radius 1 is 1.11 bits per heavy atom. The van der Waals surface area contributed by atoms with Gasteiger partial charge in [-0.3, -0.25) is 9.10 Å². The molecule has 1 N–H and O–H groups in total. The average molecular weight is 443 g/mol. The van der Waals surface area contributed by atoms with Gasteiger partial charge in [-0.2, -0.15) is 0 Å². The van der Waals surface area contributed by atoms with Gasteiger partial charge >= 0.3 is 5.97 Å². The van der Waals surface area contributed by atoms with Gasteiger partial charge in [0.15, 0.2) is 6.61 Å². The predicted molar refractivity (Wildman–Crippen MR) is 108 cm³/mol. The van der Waals surface area contributed by atoms with Crippen molar-refractivity contribution in [3.8, 4) is 0 Å². The summed E-state index contributed by atoms with van der Waals surface area (Å²) in [6, 6.07) is 10.7. The topological polar surface area (TPSA) is 92.8 Å². The molecule has 10 heteroatoms. The monoisotopic (exact) mass is 442 g/mol. The van der Waals surface area contributed by atoms with Crippen LogP contribution in [0.3, 0.4) is 0 Å². The highest BCUT2D eigenvalue weighted by atomic mass is 35.5. The molecule has 7 nitrogen and oxygen atoms in total. The highest BCUT2D eigenvalue weighted by Gasteiger charge is 2.28. The second kappa shape index (κ2) is 8.38. The van der Waals surface area contributed by atoms with Crippen LogP contribution in [0.2, 0.25) is 10.0 Å². The van der Waals surface area contributed by atoms with E-state index in [1.54, 1.807) is 18.2 Å². The standard InChI is InChI=1S/C18H16Cl2N2O5S/c19-14-3-1-4-15(17(14)20)21-16(23)11-27-18(24)12-5-7-13(8-6-12)22-9-2-10-28(22,25)26/h1,3-8H,2,9-11H2,(H,21,23). The summed E-state index contributed by atoms with van der Waals surface area (Å²) in [6.07, 6.45) is 0.567. The number of benzene rings is 2. The van der Waals surface area contributed by atoms with Crippen LogP contribution >= 0.6 is 23.2 Å². The Morgan fingerprint density at radius 2 is 1.82 bits per heavy atom. The smallest absolute Gasteiger partial charge is 0.338 e. The second-order valence-corrected chi connectivity index (χ2v) is 8.81. The summed E-state index contributed by atoms with van der Waals surface area (Å²) in [6.45, 7) is -0.0949. The molecule has 2 aromatic rings. The number of hydrogen-bond acceptors (Lipinski definition) is 5. The molecule has 3 rings (SSSR count). The number of sulfonamides is 1. The number of hydrogen-bond donors (Lipinski definition) is 1. The number of nitrogens with one attached hydrogen (secondary N) is 1. The van der Waals surface area contributed by atoms with E-state index >= 15 is 0 Å². The van der Waals surface area contributed by atoms with Crippen LogP contribution in [0.15, 0.2) is 42.5 Å². The molecule has 0 aliphatic carbocycles. The minimum Gasteiger partial charge on any atom is -0.452 e. The first kappa shape index (κ1) is 20.4. The Morgan fingerprint density at radius 3 is 2.46 bits per heavy atom. The zero-order chi connectivity index (χ0) is 20.3. The van der Waals surface area contributed by atoms with Gasteiger partial charge in [0.25, 0.3) is 5.91 Å². The number of amides is 1. The summed E-state index contributed by atoms with van der Waals surface area (Å²) in [5.74, 6) is -1.16. The average Bonchev–Trinajstić information content (AvgIpc) is 3.03. The van der Waals surface area contributed by atoms with Gasteiger partial charge in [-0.05, 0) is 42.8 Å². The number of nitrogens with zero attached hydrogens (tertiary/aromatic N) is 1. The van der Waals surface area contributed by atoms with Crippen molar-refractivity contribution < 1.29 is 22.7 Å². The molecule has 1 fully saturated rings. The quantitative estimate of drug-likeness (QED) is 0.716. The van der Waals surface area contributed by atoms with Crippen molar-refractivity contribution in [1.82, 2.24) is 0 Å². The van der Waals surface area contributed by atoms with Gasteiger partial charge in [-0.1, -0.05) is 29.3 Å². The number of anilines is 2. The van der Waals surface area contributed by atoms with Crippen molar-refractivity contribution in [2.45, 2.75) is 6.42 Å². The fourth-order valence-corrected chi connectivity index (χ4v) is 4.61. The van der Waals surface area contributed by atoms with Gasteiger partial charge in [-0.15, -0.1) is 0 Å². The first-order valence-corrected chi connectivity index (χ1v) is 10.7. The lowest BCUT2D eigenvalue weighted by molar-refractivity contribution is -0.119. The molecule has 1 aliphatic rings. The van der Waals surface area contributed by atoms with Crippen molar-refractivity contribution in [3.05, 3.63) is 58.1 Å². The van der Waals surface area contributed by atoms with Crippen molar-refractivity contribution in [2.75, 3.05) is 28.5 Å². The Labute approximate surface area is 172 Å². The third-order valence-corrected chi connectivity index (χ3v) is 6.74. The molecular weight excluding hydrogens is 427 g/mol. The predicted octanol–water partition coefficient (Wildman–Crippen LogP) is 3.33. The fraction of sp³-hybridized carbons (Fsp3) is 0.222. The Hall–Kier alpha value is -2.29. The van der Waals surface area contributed by atoms with Crippen LogP contribution < -0.4 is 9.62 Å². The first-order valence-electron chi connectivity index (χ1n) is 8.29. The van der Waals surface area contributed by atoms with Crippen molar-refractivity contribution in [3.63, 3.8) is 0 Å². The molecule has 0 atom stereocenters. The van der Waals surface area contributed by atoms with E-state index in [2.05, 4.69) is 5.32 Å². The molecule has 1 aliphatic heterocycles. The lowest BCUT2D eigenvalue weighted by atomic mass is 10.2. The van der Waals surface area contributed by atoms with Crippen LogP contribution in [0.5, 0.6) is 0 Å². The summed E-state index contributed by atoms with van der Waals surface area (Å²) in [7, 11) is -3.29. The molecule has 1 saturated heterocycles. The lowest BCUT2D eigenvalue weighted by Crippen LogP contribution is -2.25. The fourth-order valence-electron chi connectivity index (χ4n) is 2.69. The van der Waals surface area contributed by atoms with Crippen LogP contribution in [-0.2, 0) is 19.6 Å². The number of halogens is 2. The van der Waals surface area contributed by atoms with E-state index in [0.717, 1.165) is 0 Å². The molecular formula is C18H16Cl2N2O5S. The van der Waals surface area contributed by atoms with E-state index in [0.29, 0.717) is 24.3 Å². The van der Waals surface area contributed by atoms with E-state index < -0.39 is 28.5 Å². The molecule has 28 heavy (non-hydrogen) atoms. The molecule has 0 bridgehead atoms. The Bertz CT molecular complexity index is 1010. The molecule has 0 aromatic heterocycles. The number of esters is 1.